The van der Waals surface area contributed by atoms with E-state index in [9.17, 15) is 0 Å². The second kappa shape index (κ2) is 22.3. The fraction of sp³-hybridized carbons (Fsp3) is 0.600. The van der Waals surface area contributed by atoms with Crippen LogP contribution in [-0.4, -0.2) is 6.54 Å². The molecular formula is C5H15N. The standard InChI is InChI=1S/C3H6.C2H7N.H2/c1-3-2;1-2-3;/h3H,1H2,2H3;2-3H2,1H3;1H. The Hall–Kier alpha value is -0.300. The Bertz CT molecular complexity index is 22.0. The molecule has 0 rings (SSSR count). The lowest BCUT2D eigenvalue weighted by molar-refractivity contribution is 1.14. The lowest BCUT2D eigenvalue weighted by atomic mass is 10.8. The fourth-order valence-electron chi connectivity index (χ4n) is 0. The van der Waals surface area contributed by atoms with E-state index in [1.807, 2.05) is 13.8 Å². The Morgan fingerprint density at radius 3 is 2.00 bits per heavy atom. The molecule has 0 heterocycles. The van der Waals surface area contributed by atoms with Crippen LogP contribution in [0.25, 0.3) is 0 Å². The zero-order valence-corrected chi connectivity index (χ0v) is 4.57. The van der Waals surface area contributed by atoms with Crippen LogP contribution in [0, 0.1) is 0 Å². The van der Waals surface area contributed by atoms with E-state index in [0.29, 0.717) is 0 Å². The quantitative estimate of drug-likeness (QED) is 0.446. The van der Waals surface area contributed by atoms with Crippen molar-refractivity contribution in [3.8, 4) is 0 Å². The Morgan fingerprint density at radius 1 is 2.00 bits per heavy atom. The van der Waals surface area contributed by atoms with Gasteiger partial charge in [0.1, 0.15) is 0 Å². The van der Waals surface area contributed by atoms with Crippen LogP contribution in [0.4, 0.5) is 0 Å². The van der Waals surface area contributed by atoms with Crippen molar-refractivity contribution >= 4 is 0 Å². The molecule has 6 heavy (non-hydrogen) atoms. The predicted octanol–water partition coefficient (Wildman–Crippen LogP) is 1.40. The molecule has 0 aliphatic carbocycles. The van der Waals surface area contributed by atoms with Crippen molar-refractivity contribution in [2.24, 2.45) is 5.73 Å². The highest BCUT2D eigenvalue weighted by Crippen LogP contribution is 1.38. The molecule has 0 unspecified atom stereocenters. The minimum Gasteiger partial charge on any atom is -0.331 e. The summed E-state index contributed by atoms with van der Waals surface area (Å²) in [5.74, 6) is 0. The molecule has 0 aromatic carbocycles. The monoisotopic (exact) mass is 89.1 g/mol. The SMILES string of the molecule is C=CC.CCN.[HH]. The normalized spacial score (nSPS) is 5.17. The van der Waals surface area contributed by atoms with Gasteiger partial charge in [-0.25, -0.2) is 0 Å². The number of nitrogens with two attached hydrogens (primary N) is 1. The van der Waals surface area contributed by atoms with E-state index < -0.39 is 0 Å². The van der Waals surface area contributed by atoms with Crippen molar-refractivity contribution in [3.05, 3.63) is 12.7 Å². The fourth-order valence-corrected chi connectivity index (χ4v) is 0. The minimum absolute atomic E-state index is 0. The van der Waals surface area contributed by atoms with Crippen LogP contribution in [0.3, 0.4) is 0 Å². The highest BCUT2D eigenvalue weighted by Gasteiger charge is 1.32. The maximum Gasteiger partial charge on any atom is 0 e. The molecule has 40 valence electrons. The molecule has 1 heteroatoms. The van der Waals surface area contributed by atoms with Gasteiger partial charge in [-0.05, 0) is 13.5 Å². The molecule has 0 aromatic heterocycles. The van der Waals surface area contributed by atoms with Gasteiger partial charge in [-0.1, -0.05) is 13.0 Å². The van der Waals surface area contributed by atoms with E-state index >= 15 is 0 Å². The Labute approximate surface area is 41.3 Å². The van der Waals surface area contributed by atoms with Gasteiger partial charge in [0, 0.05) is 1.43 Å². The Morgan fingerprint density at radius 2 is 2.00 bits per heavy atom. The van der Waals surface area contributed by atoms with Crippen LogP contribution in [0.5, 0.6) is 0 Å². The molecule has 0 radical (unpaired) electrons. The minimum atomic E-state index is 0. The highest BCUT2D eigenvalue weighted by molar-refractivity contribution is 4.51. The molecule has 1 nitrogen and oxygen atoms in total. The number of allylic oxidation sites excluding steroid dienone is 1. The predicted molar refractivity (Wildman–Crippen MR) is 32.7 cm³/mol. The van der Waals surface area contributed by atoms with Crippen LogP contribution in [-0.2, 0) is 0 Å². The summed E-state index contributed by atoms with van der Waals surface area (Å²) in [5, 5.41) is 0. The first-order valence-corrected chi connectivity index (χ1v) is 2.10. The summed E-state index contributed by atoms with van der Waals surface area (Å²) in [4.78, 5) is 0. The summed E-state index contributed by atoms with van der Waals surface area (Å²) in [6.45, 7) is 7.90. The molecule has 0 saturated carbocycles. The summed E-state index contributed by atoms with van der Waals surface area (Å²) in [6.07, 6.45) is 1.75. The zero-order chi connectivity index (χ0) is 5.41. The van der Waals surface area contributed by atoms with Crippen LogP contribution in [0.2, 0.25) is 0 Å². The molecule has 0 spiro atoms. The molecular weight excluding hydrogens is 74.1 g/mol. The molecule has 0 bridgehead atoms. The Balaban J connectivity index is -0.0000000400. The second-order valence-corrected chi connectivity index (χ2v) is 0.816. The number of hydrogen-bond donors (Lipinski definition) is 1. The van der Waals surface area contributed by atoms with Crippen molar-refractivity contribution in [2.75, 3.05) is 6.54 Å². The number of hydrogen-bond acceptors (Lipinski definition) is 1. The van der Waals surface area contributed by atoms with Gasteiger partial charge in [-0.2, -0.15) is 0 Å². The molecule has 0 aliphatic heterocycles. The van der Waals surface area contributed by atoms with Gasteiger partial charge in [0.2, 0.25) is 0 Å². The van der Waals surface area contributed by atoms with E-state index in [2.05, 4.69) is 6.58 Å². The van der Waals surface area contributed by atoms with Gasteiger partial charge in [0.15, 0.2) is 0 Å². The van der Waals surface area contributed by atoms with Crippen molar-refractivity contribution in [1.29, 1.82) is 0 Å². The maximum absolute atomic E-state index is 4.85. The molecule has 0 aromatic rings. The lowest BCUT2D eigenvalue weighted by Crippen LogP contribution is -1.87. The van der Waals surface area contributed by atoms with Gasteiger partial charge < -0.3 is 5.73 Å². The average Bonchev–Trinajstić information content (AvgIpc) is 1.39. The summed E-state index contributed by atoms with van der Waals surface area (Å²) in [5.41, 5.74) is 4.85. The molecule has 2 N–H and O–H groups in total. The van der Waals surface area contributed by atoms with E-state index in [1.165, 1.54) is 0 Å². The number of rotatable bonds is 0. The zero-order valence-electron chi connectivity index (χ0n) is 4.57. The van der Waals surface area contributed by atoms with Gasteiger partial charge in [-0.15, -0.1) is 6.58 Å². The highest BCUT2D eigenvalue weighted by atomic mass is 14.5. The van der Waals surface area contributed by atoms with Crippen molar-refractivity contribution in [3.63, 3.8) is 0 Å². The van der Waals surface area contributed by atoms with Crippen molar-refractivity contribution in [2.45, 2.75) is 13.8 Å². The molecule has 0 aliphatic rings. The third-order valence-corrected chi connectivity index (χ3v) is 0. The van der Waals surface area contributed by atoms with Gasteiger partial charge in [0.25, 0.3) is 0 Å². The van der Waals surface area contributed by atoms with Crippen LogP contribution in [0.1, 0.15) is 15.3 Å². The van der Waals surface area contributed by atoms with E-state index in [0.717, 1.165) is 6.54 Å². The van der Waals surface area contributed by atoms with Gasteiger partial charge >= 0.3 is 0 Å². The lowest BCUT2D eigenvalue weighted by Gasteiger charge is -1.53. The average molecular weight is 89.2 g/mol. The topological polar surface area (TPSA) is 26.0 Å². The second-order valence-electron chi connectivity index (χ2n) is 0.816. The maximum atomic E-state index is 4.85. The summed E-state index contributed by atoms with van der Waals surface area (Å²) < 4.78 is 0. The van der Waals surface area contributed by atoms with E-state index in [4.69, 9.17) is 5.73 Å². The van der Waals surface area contributed by atoms with Gasteiger partial charge in [0.05, 0.1) is 0 Å². The van der Waals surface area contributed by atoms with E-state index in [-0.39, 0.29) is 1.43 Å². The Kier molecular flexibility index (Phi) is 34.1. The summed E-state index contributed by atoms with van der Waals surface area (Å²) >= 11 is 0. The first-order chi connectivity index (χ1) is 2.83. The van der Waals surface area contributed by atoms with Crippen LogP contribution < -0.4 is 5.73 Å². The van der Waals surface area contributed by atoms with Crippen molar-refractivity contribution < 1.29 is 1.43 Å². The first kappa shape index (κ1) is 9.20. The molecule has 0 saturated heterocycles. The molecule has 0 amide bonds. The third kappa shape index (κ3) is 300. The first-order valence-electron chi connectivity index (χ1n) is 2.10. The van der Waals surface area contributed by atoms with Crippen LogP contribution in [0.15, 0.2) is 12.7 Å². The molecule has 0 fully saturated rings. The van der Waals surface area contributed by atoms with Gasteiger partial charge in [-0.3, -0.25) is 0 Å². The summed E-state index contributed by atoms with van der Waals surface area (Å²) in [7, 11) is 0. The smallest absolute Gasteiger partial charge is 0 e. The third-order valence-electron chi connectivity index (χ3n) is 0. The van der Waals surface area contributed by atoms with Crippen molar-refractivity contribution in [1.82, 2.24) is 0 Å². The van der Waals surface area contributed by atoms with E-state index in [1.54, 1.807) is 6.08 Å². The largest absolute Gasteiger partial charge is 0.331 e. The summed E-state index contributed by atoms with van der Waals surface area (Å²) in [6, 6.07) is 0. The van der Waals surface area contributed by atoms with Crippen LogP contribution >= 0.6 is 0 Å². The molecule has 0 atom stereocenters.